The minimum absolute atomic E-state index is 0. The summed E-state index contributed by atoms with van der Waals surface area (Å²) in [5, 5.41) is 0. The van der Waals surface area contributed by atoms with Gasteiger partial charge in [0.2, 0.25) is 0 Å². The van der Waals surface area contributed by atoms with Crippen LogP contribution in [-0.4, -0.2) is 6.16 Å². The maximum atomic E-state index is 3.76. The van der Waals surface area contributed by atoms with Crippen molar-refractivity contribution in [2.45, 2.75) is 33.1 Å². The van der Waals surface area contributed by atoms with Crippen molar-refractivity contribution < 1.29 is 40.4 Å². The van der Waals surface area contributed by atoms with Crippen molar-refractivity contribution >= 4 is 9.24 Å². The van der Waals surface area contributed by atoms with Crippen LogP contribution in [0.4, 0.5) is 0 Å². The zero-order valence-corrected chi connectivity index (χ0v) is 14.3. The van der Waals surface area contributed by atoms with Crippen LogP contribution in [0, 0.1) is 53.2 Å². The van der Waals surface area contributed by atoms with E-state index in [0.717, 1.165) is 18.5 Å². The van der Waals surface area contributed by atoms with E-state index in [1.807, 2.05) is 6.07 Å². The normalized spacial score (nSPS) is 10.8. The van der Waals surface area contributed by atoms with Crippen LogP contribution in [0.25, 0.3) is 0 Å². The third kappa shape index (κ3) is 11.5. The maximum absolute atomic E-state index is 3.76. The van der Waals surface area contributed by atoms with Gasteiger partial charge in [-0.3, -0.25) is 0 Å². The summed E-state index contributed by atoms with van der Waals surface area (Å²) in [7, 11) is 2.73. The molecule has 0 N–H and O–H groups in total. The average Bonchev–Trinajstić information content (AvgIpc) is 2.31. The molecule has 0 aliphatic rings. The molecule has 0 bridgehead atoms. The van der Waals surface area contributed by atoms with Gasteiger partial charge in [-0.2, -0.15) is 6.42 Å². The van der Waals surface area contributed by atoms with Gasteiger partial charge in [0.05, 0.1) is 0 Å². The Bertz CT molecular complexity index is 219. The zero-order chi connectivity index (χ0) is 11.5. The summed E-state index contributed by atoms with van der Waals surface area (Å²) >= 11 is 0. The first-order valence-corrected chi connectivity index (χ1v) is 6.59. The molecule has 0 fully saturated rings. The second kappa shape index (κ2) is 14.1. The van der Waals surface area contributed by atoms with Gasteiger partial charge in [0, 0.05) is 40.4 Å². The average molecular weight is 374 g/mol. The molecule has 0 aliphatic carbocycles. The minimum Gasteiger partial charge on any atom is -0.343 e. The van der Waals surface area contributed by atoms with Crippen molar-refractivity contribution in [1.82, 2.24) is 0 Å². The van der Waals surface area contributed by atoms with Gasteiger partial charge in [0.25, 0.3) is 0 Å². The van der Waals surface area contributed by atoms with Gasteiger partial charge in [0.1, 0.15) is 0 Å². The topological polar surface area (TPSA) is 0 Å². The van der Waals surface area contributed by atoms with E-state index in [1.54, 1.807) is 0 Å². The van der Waals surface area contributed by atoms with Crippen molar-refractivity contribution in [2.75, 3.05) is 6.16 Å². The largest absolute Gasteiger partial charge is 0.343 e. The van der Waals surface area contributed by atoms with E-state index in [-0.39, 0.29) is 40.4 Å². The van der Waals surface area contributed by atoms with Gasteiger partial charge in [-0.15, -0.1) is 9.24 Å². The molecule has 2 atom stereocenters. The van der Waals surface area contributed by atoms with Gasteiger partial charge < -0.3 is 6.92 Å². The first kappa shape index (κ1) is 19.3. The van der Waals surface area contributed by atoms with Crippen molar-refractivity contribution in [3.63, 3.8) is 0 Å². The predicted octanol–water partition coefficient (Wildman–Crippen LogP) is 4.36. The van der Waals surface area contributed by atoms with E-state index in [9.17, 15) is 0 Å². The summed E-state index contributed by atoms with van der Waals surface area (Å²) in [5.74, 6) is 0.824. The fourth-order valence-electron chi connectivity index (χ4n) is 1.02. The summed E-state index contributed by atoms with van der Waals surface area (Å²) < 4.78 is 0. The van der Waals surface area contributed by atoms with Crippen molar-refractivity contribution in [3.8, 4) is 0 Å². The predicted molar refractivity (Wildman–Crippen MR) is 74.2 cm³/mol. The second-order valence-electron chi connectivity index (χ2n) is 3.83. The van der Waals surface area contributed by atoms with E-state index < -0.39 is 0 Å². The van der Waals surface area contributed by atoms with Crippen LogP contribution in [-0.2, 0) is 6.42 Å². The molecule has 0 radical (unpaired) electrons. The summed E-state index contributed by atoms with van der Waals surface area (Å²) in [6, 6.07) is 10.5. The van der Waals surface area contributed by atoms with Crippen LogP contribution >= 0.6 is 9.24 Å². The van der Waals surface area contributed by atoms with Crippen molar-refractivity contribution in [2.24, 2.45) is 5.92 Å². The Morgan fingerprint density at radius 1 is 1.25 bits per heavy atom. The molecule has 92 valence electrons. The van der Waals surface area contributed by atoms with Gasteiger partial charge in [-0.1, -0.05) is 56.5 Å². The maximum Gasteiger partial charge on any atom is 0 e. The van der Waals surface area contributed by atoms with E-state index in [2.05, 4.69) is 54.3 Å². The smallest absolute Gasteiger partial charge is 0 e. The molecule has 0 nitrogen and oxygen atoms in total. The summed E-state index contributed by atoms with van der Waals surface area (Å²) in [4.78, 5) is 0. The Morgan fingerprint density at radius 3 is 2.12 bits per heavy atom. The molecule has 0 aromatic heterocycles. The quantitative estimate of drug-likeness (QED) is 0.543. The zero-order valence-electron chi connectivity index (χ0n) is 10.5. The number of rotatable bonds is 4. The van der Waals surface area contributed by atoms with Gasteiger partial charge in [0.15, 0.2) is 0 Å². The summed E-state index contributed by atoms with van der Waals surface area (Å²) in [6.07, 6.45) is 4.68. The molecular formula is C14H24PSm-. The third-order valence-electron chi connectivity index (χ3n) is 2.47. The van der Waals surface area contributed by atoms with Crippen LogP contribution in [0.5, 0.6) is 0 Å². The molecule has 0 aliphatic heterocycles. The SMILES string of the molecule is PCCc1ccccc1.[CH2-]CC(C)CC.[Sm]. The molecule has 2 heteroatoms. The fourth-order valence-corrected chi connectivity index (χ4v) is 1.35. The molecule has 1 aromatic rings. The van der Waals surface area contributed by atoms with Gasteiger partial charge in [-0.05, 0) is 18.1 Å². The molecule has 0 saturated heterocycles. The van der Waals surface area contributed by atoms with Crippen molar-refractivity contribution in [1.29, 1.82) is 0 Å². The Balaban J connectivity index is 0. The van der Waals surface area contributed by atoms with E-state index >= 15 is 0 Å². The molecule has 1 rings (SSSR count). The molecule has 1 aromatic carbocycles. The third-order valence-corrected chi connectivity index (χ3v) is 2.75. The first-order valence-electron chi connectivity index (χ1n) is 5.77. The van der Waals surface area contributed by atoms with Crippen LogP contribution in [0.3, 0.4) is 0 Å². The summed E-state index contributed by atoms with van der Waals surface area (Å²) in [5.41, 5.74) is 1.42. The van der Waals surface area contributed by atoms with Crippen LogP contribution in [0.1, 0.15) is 32.3 Å². The van der Waals surface area contributed by atoms with Gasteiger partial charge >= 0.3 is 0 Å². The van der Waals surface area contributed by atoms with E-state index in [1.165, 1.54) is 18.4 Å². The van der Waals surface area contributed by atoms with E-state index in [0.29, 0.717) is 0 Å². The van der Waals surface area contributed by atoms with Gasteiger partial charge in [-0.25, -0.2) is 0 Å². The van der Waals surface area contributed by atoms with Crippen LogP contribution < -0.4 is 0 Å². The standard InChI is InChI=1S/C8H11P.C6H13.Sm/c9-7-6-8-4-2-1-3-5-8;1-4-6(3)5-2;/h1-5H,6-7,9H2;6H,1,4-5H2,2-3H3;/q;-1;. The molecular weight excluding hydrogens is 349 g/mol. The van der Waals surface area contributed by atoms with Crippen LogP contribution in [0.15, 0.2) is 30.3 Å². The first-order chi connectivity index (χ1) is 7.24. The molecule has 0 spiro atoms. The number of benzene rings is 1. The van der Waals surface area contributed by atoms with Crippen molar-refractivity contribution in [3.05, 3.63) is 42.8 Å². The fraction of sp³-hybridized carbons (Fsp3) is 0.500. The number of aryl methyl sites for hydroxylation is 1. The molecule has 2 unspecified atom stereocenters. The molecule has 0 heterocycles. The second-order valence-corrected chi connectivity index (χ2v) is 4.40. The summed E-state index contributed by atoms with van der Waals surface area (Å²) in [6.45, 7) is 8.16. The Hall–Kier alpha value is 0.988. The minimum atomic E-state index is 0. The Morgan fingerprint density at radius 2 is 1.81 bits per heavy atom. The Labute approximate surface area is 136 Å². The molecule has 16 heavy (non-hydrogen) atoms. The molecule has 0 saturated carbocycles. The number of hydrogen-bond donors (Lipinski definition) is 0. The van der Waals surface area contributed by atoms with E-state index in [4.69, 9.17) is 0 Å². The monoisotopic (exact) mass is 375 g/mol. The molecule has 0 amide bonds. The van der Waals surface area contributed by atoms with Crippen LogP contribution in [0.2, 0.25) is 0 Å². The Kier molecular flexibility index (Phi) is 17.0. The number of hydrogen-bond acceptors (Lipinski definition) is 0.